The number of piperidine rings is 1. The summed E-state index contributed by atoms with van der Waals surface area (Å²) in [5.74, 6) is -7.93. The monoisotopic (exact) mass is 914 g/mol. The molecule has 1 saturated carbocycles. The molecule has 4 rings (SSSR count). The average Bonchev–Trinajstić information content (AvgIpc) is 3.28. The van der Waals surface area contributed by atoms with Crippen LogP contribution in [0.25, 0.3) is 0 Å². The molecule has 2 bridgehead atoms. The van der Waals surface area contributed by atoms with Gasteiger partial charge in [0.15, 0.2) is 11.6 Å². The number of aliphatic hydroxyl groups is 3. The number of ketones is 3. The zero-order valence-electron chi connectivity index (χ0n) is 40.6. The number of cyclic esters (lactones) is 1. The molecule has 0 radical (unpaired) electrons. The van der Waals surface area contributed by atoms with Crippen LogP contribution in [0, 0.1) is 35.5 Å². The number of rotatable bonds is 6. The van der Waals surface area contributed by atoms with Crippen molar-refractivity contribution in [3.63, 3.8) is 0 Å². The third kappa shape index (κ3) is 14.3. The molecular formula is C51H79NO13. The summed E-state index contributed by atoms with van der Waals surface area (Å²) in [7, 11) is 4.53. The first-order chi connectivity index (χ1) is 30.7. The van der Waals surface area contributed by atoms with Crippen LogP contribution in [0.2, 0.25) is 0 Å². The van der Waals surface area contributed by atoms with E-state index in [1.807, 2.05) is 58.1 Å². The van der Waals surface area contributed by atoms with Crippen LogP contribution in [0.1, 0.15) is 126 Å². The van der Waals surface area contributed by atoms with Gasteiger partial charge in [-0.3, -0.25) is 19.2 Å². The average molecular weight is 914 g/mol. The summed E-state index contributed by atoms with van der Waals surface area (Å²) in [6.45, 7) is 12.7. The standard InChI is InChI=1S/C51H79NO13/c1-30-16-12-11-13-17-31(2)42(61-8)28-38-21-19-36(7)51(60,65-38)48(57)49(58)52-23-15-14-18-39(52)50(59)64-43(33(4)26-37-20-22-40(53)44(27-37)62-9)29-41(54)32(3)25-35(6)46(56)47(63-10)45(55)34(5)24-30/h11-13,16-17,25,30,33-40,42-44,46-47,53,56,60H,14-15,18-24,26-29H2,1-10H3/t30-,33-,34-,35?,36-,37+,38+,39+,40-,42?,43+,44-,46?,47+,51-/m1/s1. The number of Topliss-reactive ketones (excluding diaryl/α,β-unsaturated/α-hetero) is 3. The summed E-state index contributed by atoms with van der Waals surface area (Å²) in [5.41, 5.74) is 1.19. The van der Waals surface area contributed by atoms with Gasteiger partial charge in [0.05, 0.1) is 30.5 Å². The minimum Gasteiger partial charge on any atom is -0.460 e. The summed E-state index contributed by atoms with van der Waals surface area (Å²) in [6.07, 6.45) is 11.2. The summed E-state index contributed by atoms with van der Waals surface area (Å²) in [4.78, 5) is 71.7. The van der Waals surface area contributed by atoms with Gasteiger partial charge < -0.3 is 43.9 Å². The number of fused-ring (bicyclic) bond motifs is 3. The highest BCUT2D eigenvalue weighted by molar-refractivity contribution is 6.39. The molecule has 14 nitrogen and oxygen atoms in total. The highest BCUT2D eigenvalue weighted by Crippen LogP contribution is 2.38. The van der Waals surface area contributed by atoms with Crippen LogP contribution in [0.5, 0.6) is 0 Å². The Morgan fingerprint density at radius 2 is 1.58 bits per heavy atom. The smallest absolute Gasteiger partial charge is 0.329 e. The fourth-order valence-electron chi connectivity index (χ4n) is 10.1. The van der Waals surface area contributed by atoms with Crippen molar-refractivity contribution in [2.75, 3.05) is 27.9 Å². The maximum absolute atomic E-state index is 14.4. The predicted octanol–water partition coefficient (Wildman–Crippen LogP) is 6.18. The summed E-state index contributed by atoms with van der Waals surface area (Å²) in [5, 5.41) is 33.9. The van der Waals surface area contributed by atoms with Crippen molar-refractivity contribution < 1.29 is 63.0 Å². The van der Waals surface area contributed by atoms with Crippen molar-refractivity contribution in [2.24, 2.45) is 35.5 Å². The second-order valence-corrected chi connectivity index (χ2v) is 19.6. The lowest BCUT2D eigenvalue weighted by Gasteiger charge is -2.42. The third-order valence-electron chi connectivity index (χ3n) is 14.5. The zero-order valence-corrected chi connectivity index (χ0v) is 40.6. The molecule has 3 fully saturated rings. The third-order valence-corrected chi connectivity index (χ3v) is 14.5. The Morgan fingerprint density at radius 3 is 2.26 bits per heavy atom. The van der Waals surface area contributed by atoms with Gasteiger partial charge in [-0.05, 0) is 107 Å². The van der Waals surface area contributed by atoms with E-state index >= 15 is 0 Å². The maximum atomic E-state index is 14.4. The van der Waals surface area contributed by atoms with Gasteiger partial charge in [-0.1, -0.05) is 71.1 Å². The van der Waals surface area contributed by atoms with Crippen molar-refractivity contribution in [3.8, 4) is 0 Å². The van der Waals surface area contributed by atoms with Crippen molar-refractivity contribution in [3.05, 3.63) is 47.6 Å². The second kappa shape index (κ2) is 25.1. The highest BCUT2D eigenvalue weighted by atomic mass is 16.6. The summed E-state index contributed by atoms with van der Waals surface area (Å²) < 4.78 is 29.4. The Kier molecular flexibility index (Phi) is 21.0. The van der Waals surface area contributed by atoms with Crippen molar-refractivity contribution >= 4 is 29.2 Å². The molecule has 0 spiro atoms. The first-order valence-corrected chi connectivity index (χ1v) is 23.9. The first-order valence-electron chi connectivity index (χ1n) is 23.9. The van der Waals surface area contributed by atoms with Crippen LogP contribution in [-0.2, 0) is 47.7 Å². The number of aliphatic hydroxyl groups excluding tert-OH is 2. The predicted molar refractivity (Wildman–Crippen MR) is 245 cm³/mol. The van der Waals surface area contributed by atoms with Crippen molar-refractivity contribution in [2.45, 2.75) is 180 Å². The number of allylic oxidation sites excluding steroid dienone is 6. The van der Waals surface area contributed by atoms with E-state index < -0.39 is 83.9 Å². The fourth-order valence-corrected chi connectivity index (χ4v) is 10.1. The highest BCUT2D eigenvalue weighted by Gasteiger charge is 2.53. The van der Waals surface area contributed by atoms with E-state index in [-0.39, 0.29) is 54.8 Å². The van der Waals surface area contributed by atoms with Gasteiger partial charge in [-0.2, -0.15) is 0 Å². The van der Waals surface area contributed by atoms with Gasteiger partial charge >= 0.3 is 5.97 Å². The van der Waals surface area contributed by atoms with Gasteiger partial charge in [0, 0.05) is 58.5 Å². The Bertz CT molecular complexity index is 1760. The van der Waals surface area contributed by atoms with Gasteiger partial charge in [-0.15, -0.1) is 0 Å². The molecule has 3 N–H and O–H groups in total. The van der Waals surface area contributed by atoms with E-state index in [0.717, 1.165) is 12.0 Å². The van der Waals surface area contributed by atoms with E-state index in [0.29, 0.717) is 63.4 Å². The molecule has 3 heterocycles. The molecule has 0 aromatic rings. The van der Waals surface area contributed by atoms with Gasteiger partial charge in [0.2, 0.25) is 5.79 Å². The van der Waals surface area contributed by atoms with Crippen LogP contribution in [0.3, 0.4) is 0 Å². The SMILES string of the molecule is COC1C[C@@H]2CC[C@@H](C)[C@@](O)(O2)C(=O)C(=O)N2CCCC[C@H]2C(=O)O[C@H]([C@H](C)C[C@@H]2CC[C@@H](O)[C@H](OC)C2)CC(=O)C(C)=CC(C)C(O)[C@@H](OC)C(=O)[C@H](C)C[C@H](C)C=CC=CC=C1C. The van der Waals surface area contributed by atoms with E-state index in [2.05, 4.69) is 0 Å². The fraction of sp³-hybridized carbons (Fsp3) is 0.745. The Morgan fingerprint density at radius 1 is 0.862 bits per heavy atom. The quantitative estimate of drug-likeness (QED) is 0.202. The van der Waals surface area contributed by atoms with Crippen LogP contribution in [-0.4, -0.2) is 132 Å². The molecule has 3 aliphatic heterocycles. The lowest BCUT2D eigenvalue weighted by atomic mass is 9.78. The van der Waals surface area contributed by atoms with Gasteiger partial charge in [0.1, 0.15) is 18.2 Å². The number of carbonyl (C=O) groups is 5. The molecular weight excluding hydrogens is 835 g/mol. The number of methoxy groups -OCH3 is 3. The molecule has 0 aromatic heterocycles. The van der Waals surface area contributed by atoms with E-state index in [1.165, 1.54) is 12.0 Å². The Hall–Kier alpha value is -3.37. The lowest BCUT2D eigenvalue weighted by molar-refractivity contribution is -0.265. The number of hydrogen-bond donors (Lipinski definition) is 3. The Labute approximate surface area is 387 Å². The summed E-state index contributed by atoms with van der Waals surface area (Å²) in [6, 6.07) is -1.14. The minimum absolute atomic E-state index is 0.0220. The van der Waals surface area contributed by atoms with Crippen LogP contribution in [0.15, 0.2) is 47.6 Å². The molecule has 14 heteroatoms. The topological polar surface area (TPSA) is 195 Å². The summed E-state index contributed by atoms with van der Waals surface area (Å²) >= 11 is 0. The molecule has 1 aliphatic carbocycles. The van der Waals surface area contributed by atoms with Crippen molar-refractivity contribution in [1.82, 2.24) is 4.90 Å². The molecule has 3 unspecified atom stereocenters. The Balaban J connectivity index is 1.70. The number of hydrogen-bond acceptors (Lipinski definition) is 13. The van der Waals surface area contributed by atoms with Gasteiger partial charge in [0.25, 0.3) is 11.7 Å². The first kappa shape index (κ1) is 54.2. The largest absolute Gasteiger partial charge is 0.460 e. The van der Waals surface area contributed by atoms with E-state index in [1.54, 1.807) is 41.1 Å². The number of nitrogens with zero attached hydrogens (tertiary/aromatic N) is 1. The number of amides is 1. The molecule has 4 aliphatic rings. The molecule has 15 atom stereocenters. The van der Waals surface area contributed by atoms with E-state index in [9.17, 15) is 39.3 Å². The maximum Gasteiger partial charge on any atom is 0.329 e. The zero-order chi connectivity index (χ0) is 48.2. The molecule has 1 amide bonds. The molecule has 2 saturated heterocycles. The minimum atomic E-state index is -2.43. The number of esters is 1. The van der Waals surface area contributed by atoms with Crippen LogP contribution in [0.4, 0.5) is 0 Å². The normalized spacial score (nSPS) is 37.8. The van der Waals surface area contributed by atoms with Crippen molar-refractivity contribution in [1.29, 1.82) is 0 Å². The van der Waals surface area contributed by atoms with Gasteiger partial charge in [-0.25, -0.2) is 4.79 Å². The van der Waals surface area contributed by atoms with E-state index in [4.69, 9.17) is 23.7 Å². The van der Waals surface area contributed by atoms with Crippen LogP contribution < -0.4 is 0 Å². The van der Waals surface area contributed by atoms with Crippen LogP contribution >= 0.6 is 0 Å². The number of carbonyl (C=O) groups excluding carboxylic acids is 5. The lowest BCUT2D eigenvalue weighted by Crippen LogP contribution is -2.61. The second-order valence-electron chi connectivity index (χ2n) is 19.6. The number of ether oxygens (including phenoxy) is 5. The molecule has 0 aromatic carbocycles. The molecule has 65 heavy (non-hydrogen) atoms. The molecule has 366 valence electrons.